The number of imide groups is 1. The van der Waals surface area contributed by atoms with Crippen LogP contribution >= 0.6 is 15.9 Å². The van der Waals surface area contributed by atoms with Crippen molar-refractivity contribution in [3.8, 4) is 0 Å². The number of benzene rings is 1. The number of carbonyl (C=O) groups is 3. The molecule has 0 heterocycles. The number of rotatable bonds is 4. The highest BCUT2D eigenvalue weighted by molar-refractivity contribution is 9.10. The van der Waals surface area contributed by atoms with Crippen LogP contribution in [-0.2, 0) is 14.3 Å². The van der Waals surface area contributed by atoms with Gasteiger partial charge in [-0.15, -0.1) is 0 Å². The topological polar surface area (TPSA) is 72.5 Å². The van der Waals surface area contributed by atoms with Crippen molar-refractivity contribution in [2.45, 2.75) is 42.8 Å². The Morgan fingerprint density at radius 2 is 1.73 bits per heavy atom. The molecule has 2 amide bonds. The maximum absolute atomic E-state index is 12.8. The van der Waals surface area contributed by atoms with Crippen molar-refractivity contribution in [3.63, 3.8) is 0 Å². The van der Waals surface area contributed by atoms with Gasteiger partial charge in [-0.05, 0) is 62.5 Å². The summed E-state index contributed by atoms with van der Waals surface area (Å²) in [6.45, 7) is -0.413. The summed E-state index contributed by atoms with van der Waals surface area (Å²) in [7, 11) is 0. The molecule has 0 aromatic heterocycles. The van der Waals surface area contributed by atoms with Gasteiger partial charge in [-0.25, -0.2) is 0 Å². The summed E-state index contributed by atoms with van der Waals surface area (Å²) in [5.41, 5.74) is -0.0633. The third kappa shape index (κ3) is 3.31. The third-order valence-corrected chi connectivity index (χ3v) is 6.97. The second kappa shape index (κ2) is 6.48. The van der Waals surface area contributed by atoms with Crippen molar-refractivity contribution in [1.82, 2.24) is 5.32 Å². The Morgan fingerprint density at radius 3 is 2.35 bits per heavy atom. The van der Waals surface area contributed by atoms with E-state index in [-0.39, 0.29) is 10.3 Å². The van der Waals surface area contributed by atoms with E-state index in [0.29, 0.717) is 17.4 Å². The SMILES string of the molecule is O=C(COC(=O)C12C[C@@H]3C[C@@H](CC(Br)(C3)C1)C2)NC(=O)c1ccccc1. The Balaban J connectivity index is 1.34. The Morgan fingerprint density at radius 1 is 1.08 bits per heavy atom. The second-order valence-electron chi connectivity index (χ2n) is 8.21. The summed E-state index contributed by atoms with van der Waals surface area (Å²) >= 11 is 3.87. The van der Waals surface area contributed by atoms with Gasteiger partial charge in [0.25, 0.3) is 11.8 Å². The normalized spacial score (nSPS) is 34.3. The minimum absolute atomic E-state index is 0.0572. The Kier molecular flexibility index (Phi) is 4.41. The van der Waals surface area contributed by atoms with Gasteiger partial charge in [-0.3, -0.25) is 19.7 Å². The zero-order chi connectivity index (χ0) is 18.4. The van der Waals surface area contributed by atoms with Crippen molar-refractivity contribution in [2.75, 3.05) is 6.61 Å². The zero-order valence-electron chi connectivity index (χ0n) is 14.5. The van der Waals surface area contributed by atoms with Crippen LogP contribution in [-0.4, -0.2) is 28.7 Å². The number of carbonyl (C=O) groups excluding carboxylic acids is 3. The molecule has 0 radical (unpaired) electrons. The Bertz CT molecular complexity index is 733. The number of ether oxygens (including phenoxy) is 1. The standard InChI is InChI=1S/C20H22BrNO4/c21-20-9-13-6-14(10-20)8-19(7-13,12-20)18(25)26-11-16(23)22-17(24)15-4-2-1-3-5-15/h1-5,13-14H,6-12H2,(H,22,23,24)/t13-,14+,19?,20?. The van der Waals surface area contributed by atoms with Gasteiger partial charge in [0, 0.05) is 9.89 Å². The van der Waals surface area contributed by atoms with Crippen LogP contribution in [0.15, 0.2) is 30.3 Å². The molecule has 0 spiro atoms. The molecule has 4 aliphatic carbocycles. The molecule has 1 aromatic carbocycles. The molecule has 4 bridgehead atoms. The van der Waals surface area contributed by atoms with Crippen LogP contribution < -0.4 is 5.32 Å². The van der Waals surface area contributed by atoms with Gasteiger partial charge >= 0.3 is 5.97 Å². The number of halogens is 1. The van der Waals surface area contributed by atoms with Crippen molar-refractivity contribution >= 4 is 33.7 Å². The first-order valence-corrected chi connectivity index (χ1v) is 9.92. The van der Waals surface area contributed by atoms with Gasteiger partial charge in [0.2, 0.25) is 0 Å². The van der Waals surface area contributed by atoms with Gasteiger partial charge in [-0.2, -0.15) is 0 Å². The van der Waals surface area contributed by atoms with Crippen molar-refractivity contribution in [1.29, 1.82) is 0 Å². The molecule has 4 aliphatic rings. The third-order valence-electron chi connectivity index (χ3n) is 6.05. The van der Waals surface area contributed by atoms with E-state index in [1.807, 2.05) is 0 Å². The average molecular weight is 420 g/mol. The quantitative estimate of drug-likeness (QED) is 0.600. The fraction of sp³-hybridized carbons (Fsp3) is 0.550. The molecule has 0 aliphatic heterocycles. The number of hydrogen-bond acceptors (Lipinski definition) is 4. The molecular weight excluding hydrogens is 398 g/mol. The van der Waals surface area contributed by atoms with Crippen LogP contribution in [0.25, 0.3) is 0 Å². The van der Waals surface area contributed by atoms with E-state index in [1.165, 1.54) is 6.42 Å². The van der Waals surface area contributed by atoms with E-state index in [2.05, 4.69) is 21.2 Å². The fourth-order valence-electron chi connectivity index (χ4n) is 5.50. The summed E-state index contributed by atoms with van der Waals surface area (Å²) < 4.78 is 5.40. The maximum atomic E-state index is 12.8. The van der Waals surface area contributed by atoms with E-state index in [9.17, 15) is 14.4 Å². The zero-order valence-corrected chi connectivity index (χ0v) is 16.1. The van der Waals surface area contributed by atoms with E-state index >= 15 is 0 Å². The van der Waals surface area contributed by atoms with Gasteiger partial charge in [0.15, 0.2) is 6.61 Å². The van der Waals surface area contributed by atoms with Crippen LogP contribution in [0.1, 0.15) is 48.9 Å². The summed E-state index contributed by atoms with van der Waals surface area (Å²) in [4.78, 5) is 36.8. The summed E-state index contributed by atoms with van der Waals surface area (Å²) in [5, 5.41) is 2.27. The van der Waals surface area contributed by atoms with E-state index in [0.717, 1.165) is 32.1 Å². The van der Waals surface area contributed by atoms with Gasteiger partial charge in [0.05, 0.1) is 5.41 Å². The Labute approximate surface area is 161 Å². The molecule has 1 N–H and O–H groups in total. The lowest BCUT2D eigenvalue weighted by molar-refractivity contribution is -0.171. The highest BCUT2D eigenvalue weighted by Gasteiger charge is 2.60. The number of amides is 2. The van der Waals surface area contributed by atoms with Crippen molar-refractivity contribution in [3.05, 3.63) is 35.9 Å². The highest BCUT2D eigenvalue weighted by atomic mass is 79.9. The largest absolute Gasteiger partial charge is 0.455 e. The molecule has 4 atom stereocenters. The monoisotopic (exact) mass is 419 g/mol. The molecule has 4 saturated carbocycles. The van der Waals surface area contributed by atoms with Crippen molar-refractivity contribution < 1.29 is 19.1 Å². The maximum Gasteiger partial charge on any atom is 0.312 e. The summed E-state index contributed by atoms with van der Waals surface area (Å²) in [6.07, 6.45) is 5.97. The predicted molar refractivity (Wildman–Crippen MR) is 98.6 cm³/mol. The van der Waals surface area contributed by atoms with Gasteiger partial charge < -0.3 is 4.74 Å². The number of hydrogen-bond donors (Lipinski definition) is 1. The first-order chi connectivity index (χ1) is 12.4. The minimum Gasteiger partial charge on any atom is -0.455 e. The summed E-state index contributed by atoms with van der Waals surface area (Å²) in [6, 6.07) is 8.49. The van der Waals surface area contributed by atoms with Crippen molar-refractivity contribution in [2.24, 2.45) is 17.3 Å². The van der Waals surface area contributed by atoms with E-state index in [1.54, 1.807) is 30.3 Å². The first kappa shape index (κ1) is 17.7. The molecule has 0 saturated heterocycles. The molecule has 5 rings (SSSR count). The molecule has 138 valence electrons. The smallest absolute Gasteiger partial charge is 0.312 e. The number of esters is 1. The van der Waals surface area contributed by atoms with Crippen LogP contribution in [0.5, 0.6) is 0 Å². The fourth-order valence-corrected chi connectivity index (χ4v) is 6.95. The lowest BCUT2D eigenvalue weighted by atomic mass is 9.49. The lowest BCUT2D eigenvalue weighted by Gasteiger charge is -2.58. The van der Waals surface area contributed by atoms with Crippen LogP contribution in [0.4, 0.5) is 0 Å². The van der Waals surface area contributed by atoms with Gasteiger partial charge in [0.1, 0.15) is 0 Å². The lowest BCUT2D eigenvalue weighted by Crippen LogP contribution is -2.56. The van der Waals surface area contributed by atoms with Crippen LogP contribution in [0.3, 0.4) is 0 Å². The molecular formula is C20H22BrNO4. The average Bonchev–Trinajstić information content (AvgIpc) is 2.58. The predicted octanol–water partition coefficient (Wildman–Crippen LogP) is 3.22. The molecule has 4 fully saturated rings. The highest BCUT2D eigenvalue weighted by Crippen LogP contribution is 2.64. The summed E-state index contributed by atoms with van der Waals surface area (Å²) in [5.74, 6) is -0.225. The molecule has 6 heteroatoms. The Hall–Kier alpha value is -1.69. The van der Waals surface area contributed by atoms with E-state index < -0.39 is 23.8 Å². The molecule has 5 nitrogen and oxygen atoms in total. The first-order valence-electron chi connectivity index (χ1n) is 9.13. The van der Waals surface area contributed by atoms with Crippen LogP contribution in [0, 0.1) is 17.3 Å². The van der Waals surface area contributed by atoms with E-state index in [4.69, 9.17) is 4.74 Å². The molecule has 1 aromatic rings. The number of nitrogens with one attached hydrogen (secondary N) is 1. The van der Waals surface area contributed by atoms with Crippen LogP contribution in [0.2, 0.25) is 0 Å². The molecule has 26 heavy (non-hydrogen) atoms. The number of alkyl halides is 1. The minimum atomic E-state index is -0.592. The van der Waals surface area contributed by atoms with Gasteiger partial charge in [-0.1, -0.05) is 34.1 Å². The molecule has 2 unspecified atom stereocenters. The second-order valence-corrected chi connectivity index (χ2v) is 9.89.